The smallest absolute Gasteiger partial charge is 0.158 e. The molecule has 3 aromatic rings. The van der Waals surface area contributed by atoms with E-state index in [0.717, 1.165) is 18.7 Å². The molecule has 2 aliphatic heterocycles. The maximum atomic E-state index is 4.84. The molecule has 0 N–H and O–H groups in total. The quantitative estimate of drug-likeness (QED) is 0.532. The molecule has 0 bridgehead atoms. The minimum absolute atomic E-state index is 0.160. The Morgan fingerprint density at radius 1 is 0.821 bits per heavy atom. The molecule has 0 spiro atoms. The van der Waals surface area contributed by atoms with E-state index in [2.05, 4.69) is 97.3 Å². The van der Waals surface area contributed by atoms with Crippen molar-refractivity contribution in [2.45, 2.75) is 45.2 Å². The molecule has 142 valence electrons. The topological polar surface area (TPSA) is 19.4 Å². The Morgan fingerprint density at radius 2 is 1.50 bits per heavy atom. The lowest BCUT2D eigenvalue weighted by Crippen LogP contribution is -2.55. The van der Waals surface area contributed by atoms with Crippen molar-refractivity contribution in [3.8, 4) is 0 Å². The molecule has 0 saturated carbocycles. The number of hydrogen-bond acceptors (Lipinski definition) is 3. The first-order chi connectivity index (χ1) is 13.7. The van der Waals surface area contributed by atoms with E-state index in [-0.39, 0.29) is 11.6 Å². The molecular formula is C25H27N3. The van der Waals surface area contributed by atoms with Gasteiger partial charge in [-0.3, -0.25) is 0 Å². The van der Waals surface area contributed by atoms with Gasteiger partial charge in [-0.2, -0.15) is 0 Å². The number of nitrogens with zero attached hydrogens (tertiary/aromatic N) is 3. The van der Waals surface area contributed by atoms with Gasteiger partial charge in [0.2, 0.25) is 0 Å². The molecule has 28 heavy (non-hydrogen) atoms. The predicted octanol–water partition coefficient (Wildman–Crippen LogP) is 6.41. The van der Waals surface area contributed by atoms with Gasteiger partial charge in [-0.15, -0.1) is 0 Å². The summed E-state index contributed by atoms with van der Waals surface area (Å²) in [6.45, 7) is 7.13. The molecule has 1 aromatic heterocycles. The fraction of sp³-hybridized carbons (Fsp3) is 0.320. The zero-order valence-electron chi connectivity index (χ0n) is 16.8. The number of hydrogen-bond donors (Lipinski definition) is 0. The maximum absolute atomic E-state index is 4.84. The van der Waals surface area contributed by atoms with Crippen LogP contribution in [0.15, 0.2) is 72.9 Å². The molecule has 3 heterocycles. The summed E-state index contributed by atoms with van der Waals surface area (Å²) < 4.78 is 0. The van der Waals surface area contributed by atoms with E-state index in [1.807, 2.05) is 6.20 Å². The summed E-state index contributed by atoms with van der Waals surface area (Å²) in [5.41, 5.74) is 5.37. The summed E-state index contributed by atoms with van der Waals surface area (Å²) >= 11 is 0. The molecule has 3 heteroatoms. The van der Waals surface area contributed by atoms with Gasteiger partial charge in [-0.05, 0) is 48.7 Å². The van der Waals surface area contributed by atoms with E-state index < -0.39 is 0 Å². The Kier molecular flexibility index (Phi) is 3.94. The van der Waals surface area contributed by atoms with Crippen molar-refractivity contribution in [1.82, 2.24) is 4.98 Å². The number of anilines is 4. The zero-order valence-corrected chi connectivity index (χ0v) is 16.8. The standard InChI is InChI=1S/C25H27N3/c1-4-25(5-2)18(3)24-27(19-12-7-6-8-13-19)22-16-11-17-26-23(22)28(24)21-15-10-9-14-20(21)25/h6-18,24H,4-5H2,1-3H3. The van der Waals surface area contributed by atoms with Gasteiger partial charge in [0, 0.05) is 28.9 Å². The van der Waals surface area contributed by atoms with E-state index in [0.29, 0.717) is 5.92 Å². The fourth-order valence-corrected chi connectivity index (χ4v) is 5.64. The Hall–Kier alpha value is -2.81. The van der Waals surface area contributed by atoms with E-state index in [1.54, 1.807) is 0 Å². The summed E-state index contributed by atoms with van der Waals surface area (Å²) in [5.74, 6) is 1.52. The van der Waals surface area contributed by atoms with E-state index >= 15 is 0 Å². The maximum Gasteiger partial charge on any atom is 0.158 e. The summed E-state index contributed by atoms with van der Waals surface area (Å²) in [4.78, 5) is 9.82. The molecule has 2 unspecified atom stereocenters. The van der Waals surface area contributed by atoms with Crippen LogP contribution in [-0.2, 0) is 5.41 Å². The monoisotopic (exact) mass is 369 g/mol. The van der Waals surface area contributed by atoms with Crippen molar-refractivity contribution in [3.63, 3.8) is 0 Å². The van der Waals surface area contributed by atoms with Crippen LogP contribution in [0.25, 0.3) is 0 Å². The summed E-state index contributed by atoms with van der Waals surface area (Å²) in [7, 11) is 0. The lowest BCUT2D eigenvalue weighted by atomic mass is 9.63. The highest BCUT2D eigenvalue weighted by Gasteiger charge is 2.53. The minimum Gasteiger partial charge on any atom is -0.317 e. The van der Waals surface area contributed by atoms with Crippen LogP contribution in [0.3, 0.4) is 0 Å². The lowest BCUT2D eigenvalue weighted by Gasteiger charge is -2.52. The molecule has 0 amide bonds. The first-order valence-corrected chi connectivity index (χ1v) is 10.4. The van der Waals surface area contributed by atoms with Crippen LogP contribution < -0.4 is 9.80 Å². The number of para-hydroxylation sites is 2. The van der Waals surface area contributed by atoms with Gasteiger partial charge >= 0.3 is 0 Å². The molecule has 0 radical (unpaired) electrons. The van der Waals surface area contributed by atoms with Crippen LogP contribution in [0.1, 0.15) is 39.2 Å². The molecular weight excluding hydrogens is 342 g/mol. The van der Waals surface area contributed by atoms with Gasteiger partial charge in [0.15, 0.2) is 5.82 Å². The van der Waals surface area contributed by atoms with Gasteiger partial charge in [0.25, 0.3) is 0 Å². The Morgan fingerprint density at radius 3 is 2.25 bits per heavy atom. The third kappa shape index (κ3) is 2.13. The van der Waals surface area contributed by atoms with Gasteiger partial charge in [-0.1, -0.05) is 57.2 Å². The van der Waals surface area contributed by atoms with Crippen LogP contribution in [0.5, 0.6) is 0 Å². The van der Waals surface area contributed by atoms with Crippen LogP contribution >= 0.6 is 0 Å². The van der Waals surface area contributed by atoms with Crippen molar-refractivity contribution < 1.29 is 0 Å². The zero-order chi connectivity index (χ0) is 19.3. The fourth-order valence-electron chi connectivity index (χ4n) is 5.64. The normalized spacial score (nSPS) is 21.8. The van der Waals surface area contributed by atoms with Crippen molar-refractivity contribution >= 4 is 22.9 Å². The third-order valence-electron chi connectivity index (χ3n) is 7.10. The highest BCUT2D eigenvalue weighted by molar-refractivity contribution is 5.88. The summed E-state index contributed by atoms with van der Waals surface area (Å²) in [6, 6.07) is 24.0. The van der Waals surface area contributed by atoms with Crippen LogP contribution in [0.2, 0.25) is 0 Å². The van der Waals surface area contributed by atoms with Crippen molar-refractivity contribution in [1.29, 1.82) is 0 Å². The van der Waals surface area contributed by atoms with E-state index in [9.17, 15) is 0 Å². The second kappa shape index (κ2) is 6.37. The molecule has 2 atom stereocenters. The van der Waals surface area contributed by atoms with Crippen molar-refractivity contribution in [2.75, 3.05) is 9.80 Å². The average Bonchev–Trinajstić information content (AvgIpc) is 3.11. The summed E-state index contributed by atoms with van der Waals surface area (Å²) in [6.07, 6.45) is 4.41. The Labute approximate surface area is 167 Å². The predicted molar refractivity (Wildman–Crippen MR) is 117 cm³/mol. The molecule has 0 saturated heterocycles. The van der Waals surface area contributed by atoms with Crippen molar-refractivity contribution in [3.05, 3.63) is 78.5 Å². The molecule has 2 aromatic carbocycles. The summed E-state index contributed by atoms with van der Waals surface area (Å²) in [5, 5.41) is 0. The highest BCUT2D eigenvalue weighted by Crippen LogP contribution is 2.58. The van der Waals surface area contributed by atoms with Gasteiger partial charge < -0.3 is 9.80 Å². The lowest BCUT2D eigenvalue weighted by molar-refractivity contribution is 0.218. The minimum atomic E-state index is 0.160. The van der Waals surface area contributed by atoms with E-state index in [4.69, 9.17) is 4.98 Å². The van der Waals surface area contributed by atoms with Gasteiger partial charge in [0.1, 0.15) is 6.17 Å². The first kappa shape index (κ1) is 17.3. The Bertz CT molecular complexity index is 993. The van der Waals surface area contributed by atoms with Crippen LogP contribution in [-0.4, -0.2) is 11.1 Å². The van der Waals surface area contributed by atoms with Crippen LogP contribution in [0, 0.1) is 5.92 Å². The number of aromatic nitrogens is 1. The van der Waals surface area contributed by atoms with Crippen molar-refractivity contribution in [2.24, 2.45) is 5.92 Å². The highest BCUT2D eigenvalue weighted by atomic mass is 15.5. The third-order valence-corrected chi connectivity index (χ3v) is 7.10. The average molecular weight is 370 g/mol. The number of benzene rings is 2. The largest absolute Gasteiger partial charge is 0.317 e. The van der Waals surface area contributed by atoms with Gasteiger partial charge in [-0.25, -0.2) is 4.98 Å². The number of rotatable bonds is 3. The Balaban J connectivity index is 1.80. The van der Waals surface area contributed by atoms with Crippen LogP contribution in [0.4, 0.5) is 22.9 Å². The van der Waals surface area contributed by atoms with Gasteiger partial charge in [0.05, 0.1) is 5.69 Å². The molecule has 0 fully saturated rings. The number of pyridine rings is 1. The molecule has 0 aliphatic carbocycles. The SMILES string of the molecule is CCC1(CC)c2ccccc2N2c3ncccc3N(c3ccccc3)C2C1C. The molecule has 2 aliphatic rings. The van der Waals surface area contributed by atoms with E-state index in [1.165, 1.54) is 22.6 Å². The first-order valence-electron chi connectivity index (χ1n) is 10.4. The molecule has 5 rings (SSSR count). The second-order valence-corrected chi connectivity index (χ2v) is 8.00. The number of fused-ring (bicyclic) bond motifs is 5. The second-order valence-electron chi connectivity index (χ2n) is 8.00. The molecule has 3 nitrogen and oxygen atoms in total.